The summed E-state index contributed by atoms with van der Waals surface area (Å²) in [5.41, 5.74) is 3.60. The average molecular weight is 366 g/mol. The molecular formula is C20H22N4OS. The van der Waals surface area contributed by atoms with Gasteiger partial charge in [0.2, 0.25) is 5.88 Å². The fraction of sp³-hybridized carbons (Fsp3) is 0.350. The molecule has 0 aliphatic carbocycles. The molecule has 26 heavy (non-hydrogen) atoms. The minimum Gasteiger partial charge on any atom is -0.475 e. The van der Waals surface area contributed by atoms with E-state index >= 15 is 0 Å². The van der Waals surface area contributed by atoms with Crippen LogP contribution >= 0.6 is 11.3 Å². The molecular weight excluding hydrogens is 344 g/mol. The molecule has 0 fully saturated rings. The zero-order valence-electron chi connectivity index (χ0n) is 15.1. The first-order valence-corrected chi connectivity index (χ1v) is 9.78. The van der Waals surface area contributed by atoms with Gasteiger partial charge in [-0.15, -0.1) is 11.3 Å². The first-order valence-electron chi connectivity index (χ1n) is 8.90. The van der Waals surface area contributed by atoms with E-state index in [0.29, 0.717) is 5.88 Å². The zero-order chi connectivity index (χ0) is 17.9. The molecule has 6 heteroatoms. The van der Waals surface area contributed by atoms with Crippen molar-refractivity contribution in [1.82, 2.24) is 19.9 Å². The Balaban J connectivity index is 1.42. The van der Waals surface area contributed by atoms with Gasteiger partial charge in [-0.3, -0.25) is 4.90 Å². The molecule has 1 aliphatic rings. The minimum absolute atomic E-state index is 0.144. The van der Waals surface area contributed by atoms with Gasteiger partial charge in [0, 0.05) is 50.1 Å². The lowest BCUT2D eigenvalue weighted by molar-refractivity contribution is 0.230. The Morgan fingerprint density at radius 3 is 2.85 bits per heavy atom. The Kier molecular flexibility index (Phi) is 4.95. The fourth-order valence-corrected chi connectivity index (χ4v) is 3.77. The SMILES string of the molecule is CC(C)Oc1ccc(CN2CCc3nc(-c4cccs4)ncc3C2)cn1. The molecule has 4 rings (SSSR count). The Morgan fingerprint density at radius 2 is 2.12 bits per heavy atom. The minimum atomic E-state index is 0.144. The molecule has 0 unspecified atom stereocenters. The second-order valence-electron chi connectivity index (χ2n) is 6.77. The summed E-state index contributed by atoms with van der Waals surface area (Å²) in [5, 5.41) is 2.06. The van der Waals surface area contributed by atoms with Gasteiger partial charge in [0.25, 0.3) is 0 Å². The number of nitrogens with zero attached hydrogens (tertiary/aromatic N) is 4. The molecule has 3 aromatic heterocycles. The summed E-state index contributed by atoms with van der Waals surface area (Å²) in [6.07, 6.45) is 4.99. The van der Waals surface area contributed by atoms with Gasteiger partial charge in [-0.05, 0) is 30.9 Å². The maximum atomic E-state index is 5.61. The predicted molar refractivity (Wildman–Crippen MR) is 103 cm³/mol. The molecule has 0 saturated heterocycles. The van der Waals surface area contributed by atoms with Crippen molar-refractivity contribution in [1.29, 1.82) is 0 Å². The maximum absolute atomic E-state index is 5.61. The molecule has 0 amide bonds. The van der Waals surface area contributed by atoms with Crippen molar-refractivity contribution < 1.29 is 4.74 Å². The van der Waals surface area contributed by atoms with Crippen molar-refractivity contribution in [2.45, 2.75) is 39.5 Å². The molecule has 0 N–H and O–H groups in total. The van der Waals surface area contributed by atoms with Gasteiger partial charge in [0.05, 0.1) is 16.7 Å². The van der Waals surface area contributed by atoms with Crippen LogP contribution in [0.25, 0.3) is 10.7 Å². The van der Waals surface area contributed by atoms with Crippen LogP contribution in [0.4, 0.5) is 0 Å². The van der Waals surface area contributed by atoms with E-state index < -0.39 is 0 Å². The van der Waals surface area contributed by atoms with Crippen LogP contribution in [0.3, 0.4) is 0 Å². The lowest BCUT2D eigenvalue weighted by Crippen LogP contribution is -2.31. The Labute approximate surface area is 157 Å². The molecule has 0 saturated carbocycles. The monoisotopic (exact) mass is 366 g/mol. The van der Waals surface area contributed by atoms with Gasteiger partial charge < -0.3 is 4.74 Å². The lowest BCUT2D eigenvalue weighted by Gasteiger charge is -2.28. The third kappa shape index (κ3) is 3.92. The van der Waals surface area contributed by atoms with Crippen LogP contribution in [0.1, 0.15) is 30.7 Å². The van der Waals surface area contributed by atoms with Gasteiger partial charge in [-0.1, -0.05) is 12.1 Å². The molecule has 1 aliphatic heterocycles. The van der Waals surface area contributed by atoms with Crippen molar-refractivity contribution in [2.24, 2.45) is 0 Å². The van der Waals surface area contributed by atoms with Crippen LogP contribution in [-0.4, -0.2) is 32.5 Å². The number of ether oxygens (including phenoxy) is 1. The number of hydrogen-bond donors (Lipinski definition) is 0. The summed E-state index contributed by atoms with van der Waals surface area (Å²) in [5.74, 6) is 1.53. The Hall–Kier alpha value is -2.31. The van der Waals surface area contributed by atoms with Crippen molar-refractivity contribution in [3.05, 3.63) is 58.9 Å². The van der Waals surface area contributed by atoms with E-state index in [9.17, 15) is 0 Å². The number of hydrogen-bond acceptors (Lipinski definition) is 6. The van der Waals surface area contributed by atoms with Crippen LogP contribution < -0.4 is 4.74 Å². The third-order valence-electron chi connectivity index (χ3n) is 4.31. The molecule has 0 spiro atoms. The number of aromatic nitrogens is 3. The van der Waals surface area contributed by atoms with E-state index in [2.05, 4.69) is 32.4 Å². The van der Waals surface area contributed by atoms with Gasteiger partial charge >= 0.3 is 0 Å². The van der Waals surface area contributed by atoms with Crippen LogP contribution in [0.15, 0.2) is 42.0 Å². The van der Waals surface area contributed by atoms with Crippen molar-refractivity contribution in [2.75, 3.05) is 6.54 Å². The summed E-state index contributed by atoms with van der Waals surface area (Å²) in [6.45, 7) is 6.77. The standard InChI is InChI=1S/C20H22N4OS/c1-14(2)25-19-6-5-15(10-21-19)12-24-8-7-17-16(13-24)11-22-20(23-17)18-4-3-9-26-18/h3-6,9-11,14H,7-8,12-13H2,1-2H3. The second kappa shape index (κ2) is 7.51. The number of fused-ring (bicyclic) bond motifs is 1. The summed E-state index contributed by atoms with van der Waals surface area (Å²) < 4.78 is 5.61. The highest BCUT2D eigenvalue weighted by molar-refractivity contribution is 7.13. The van der Waals surface area contributed by atoms with E-state index in [1.54, 1.807) is 11.3 Å². The molecule has 0 radical (unpaired) electrons. The third-order valence-corrected chi connectivity index (χ3v) is 5.18. The van der Waals surface area contributed by atoms with E-state index in [4.69, 9.17) is 9.72 Å². The summed E-state index contributed by atoms with van der Waals surface area (Å²) >= 11 is 1.68. The summed E-state index contributed by atoms with van der Waals surface area (Å²) in [4.78, 5) is 17.3. The van der Waals surface area contributed by atoms with E-state index in [0.717, 1.165) is 36.8 Å². The molecule has 0 aromatic carbocycles. The van der Waals surface area contributed by atoms with Crippen LogP contribution in [0.5, 0.6) is 5.88 Å². The molecule has 0 atom stereocenters. The second-order valence-corrected chi connectivity index (χ2v) is 7.72. The van der Waals surface area contributed by atoms with Gasteiger partial charge in [-0.2, -0.15) is 0 Å². The van der Waals surface area contributed by atoms with Crippen LogP contribution in [-0.2, 0) is 19.5 Å². The lowest BCUT2D eigenvalue weighted by atomic mass is 10.1. The molecule has 3 aromatic rings. The van der Waals surface area contributed by atoms with E-state index in [1.807, 2.05) is 38.4 Å². The number of thiophene rings is 1. The average Bonchev–Trinajstić information content (AvgIpc) is 3.17. The van der Waals surface area contributed by atoms with Crippen LogP contribution in [0.2, 0.25) is 0 Å². The van der Waals surface area contributed by atoms with Crippen molar-refractivity contribution in [3.63, 3.8) is 0 Å². The van der Waals surface area contributed by atoms with Gasteiger partial charge in [0.15, 0.2) is 5.82 Å². The molecule has 4 heterocycles. The highest BCUT2D eigenvalue weighted by Crippen LogP contribution is 2.24. The van der Waals surface area contributed by atoms with Crippen molar-refractivity contribution >= 4 is 11.3 Å². The molecule has 5 nitrogen and oxygen atoms in total. The first kappa shape index (κ1) is 17.1. The summed E-state index contributed by atoms with van der Waals surface area (Å²) in [6, 6.07) is 8.15. The smallest absolute Gasteiger partial charge is 0.213 e. The topological polar surface area (TPSA) is 51.1 Å². The quantitative estimate of drug-likeness (QED) is 0.684. The molecule has 134 valence electrons. The Morgan fingerprint density at radius 1 is 1.19 bits per heavy atom. The highest BCUT2D eigenvalue weighted by Gasteiger charge is 2.19. The summed E-state index contributed by atoms with van der Waals surface area (Å²) in [7, 11) is 0. The predicted octanol–water partition coefficient (Wildman–Crippen LogP) is 3.95. The molecule has 0 bridgehead atoms. The fourth-order valence-electron chi connectivity index (χ4n) is 3.11. The highest BCUT2D eigenvalue weighted by atomic mass is 32.1. The zero-order valence-corrected chi connectivity index (χ0v) is 15.9. The van der Waals surface area contributed by atoms with Gasteiger partial charge in [-0.25, -0.2) is 15.0 Å². The van der Waals surface area contributed by atoms with Crippen LogP contribution in [0, 0.1) is 0 Å². The first-order chi connectivity index (χ1) is 12.7. The normalized spacial score (nSPS) is 14.4. The number of rotatable bonds is 5. The maximum Gasteiger partial charge on any atom is 0.213 e. The van der Waals surface area contributed by atoms with Gasteiger partial charge in [0.1, 0.15) is 0 Å². The number of pyridine rings is 1. The van der Waals surface area contributed by atoms with Crippen molar-refractivity contribution in [3.8, 4) is 16.6 Å². The van der Waals surface area contributed by atoms with E-state index in [-0.39, 0.29) is 6.10 Å². The Bertz CT molecular complexity index is 862. The van der Waals surface area contributed by atoms with E-state index in [1.165, 1.54) is 16.8 Å². The largest absolute Gasteiger partial charge is 0.475 e.